The van der Waals surface area contributed by atoms with Crippen molar-refractivity contribution in [1.29, 1.82) is 0 Å². The fourth-order valence-electron chi connectivity index (χ4n) is 2.64. The van der Waals surface area contributed by atoms with Crippen molar-refractivity contribution in [3.05, 3.63) is 34.6 Å². The van der Waals surface area contributed by atoms with E-state index in [9.17, 15) is 4.39 Å². The third kappa shape index (κ3) is 3.26. The van der Waals surface area contributed by atoms with Gasteiger partial charge in [0.25, 0.3) is 0 Å². The molecule has 1 aromatic carbocycles. The van der Waals surface area contributed by atoms with Crippen LogP contribution < -0.4 is 5.73 Å². The Kier molecular flexibility index (Phi) is 5.16. The van der Waals surface area contributed by atoms with Crippen LogP contribution in [-0.4, -0.2) is 37.2 Å². The average Bonchev–Trinajstić information content (AvgIpc) is 2.42. The molecule has 0 saturated carbocycles. The van der Waals surface area contributed by atoms with Gasteiger partial charge >= 0.3 is 0 Å². The Labute approximate surface area is 118 Å². The first kappa shape index (κ1) is 14.7. The second kappa shape index (κ2) is 6.66. The Morgan fingerprint density at radius 3 is 2.95 bits per heavy atom. The predicted octanol–water partition coefficient (Wildman–Crippen LogP) is 2.59. The number of nitrogens with two attached hydrogens (primary N) is 1. The zero-order valence-electron chi connectivity index (χ0n) is 11.1. The minimum Gasteiger partial charge on any atom is -0.374 e. The number of hydrogen-bond donors (Lipinski definition) is 1. The van der Waals surface area contributed by atoms with Crippen LogP contribution in [0.5, 0.6) is 0 Å². The Balaban J connectivity index is 2.30. The highest BCUT2D eigenvalue weighted by Crippen LogP contribution is 2.31. The predicted molar refractivity (Wildman–Crippen MR) is 74.8 cm³/mol. The highest BCUT2D eigenvalue weighted by molar-refractivity contribution is 6.30. The zero-order valence-corrected chi connectivity index (χ0v) is 11.9. The van der Waals surface area contributed by atoms with E-state index in [1.807, 2.05) is 0 Å². The molecule has 0 radical (unpaired) electrons. The molecule has 2 unspecified atom stereocenters. The number of rotatable bonds is 4. The molecule has 19 heavy (non-hydrogen) atoms. The number of morpholine rings is 1. The molecule has 2 rings (SSSR count). The molecule has 0 bridgehead atoms. The van der Waals surface area contributed by atoms with E-state index in [-0.39, 0.29) is 17.2 Å². The molecule has 0 amide bonds. The van der Waals surface area contributed by atoms with Crippen LogP contribution in [0, 0.1) is 5.82 Å². The molecule has 1 aliphatic rings. The van der Waals surface area contributed by atoms with Gasteiger partial charge in [-0.2, -0.15) is 0 Å². The molecule has 106 valence electrons. The number of ether oxygens (including phenoxy) is 1. The van der Waals surface area contributed by atoms with E-state index in [1.54, 1.807) is 12.1 Å². The molecule has 0 aliphatic carbocycles. The fraction of sp³-hybridized carbons (Fsp3) is 0.571. The van der Waals surface area contributed by atoms with Crippen LogP contribution in [0.1, 0.15) is 24.9 Å². The van der Waals surface area contributed by atoms with Gasteiger partial charge in [0.05, 0.1) is 23.8 Å². The molecule has 2 N–H and O–H groups in total. The monoisotopic (exact) mass is 286 g/mol. The lowest BCUT2D eigenvalue weighted by Gasteiger charge is -2.41. The Bertz CT molecular complexity index is 428. The third-order valence-electron chi connectivity index (χ3n) is 3.48. The molecule has 2 atom stereocenters. The second-order valence-corrected chi connectivity index (χ2v) is 5.21. The van der Waals surface area contributed by atoms with Crippen LogP contribution in [0.2, 0.25) is 5.02 Å². The number of nitrogens with zero attached hydrogens (tertiary/aromatic N) is 1. The lowest BCUT2D eigenvalue weighted by molar-refractivity contribution is -0.0676. The molecule has 1 fully saturated rings. The van der Waals surface area contributed by atoms with E-state index in [0.717, 1.165) is 25.1 Å². The molecule has 0 aromatic heterocycles. The summed E-state index contributed by atoms with van der Waals surface area (Å²) in [6, 6.07) is 4.91. The van der Waals surface area contributed by atoms with Gasteiger partial charge in [0.15, 0.2) is 0 Å². The number of benzene rings is 1. The van der Waals surface area contributed by atoms with Crippen molar-refractivity contribution in [1.82, 2.24) is 4.90 Å². The maximum absolute atomic E-state index is 13.3. The summed E-state index contributed by atoms with van der Waals surface area (Å²) >= 11 is 5.88. The van der Waals surface area contributed by atoms with Crippen molar-refractivity contribution in [2.75, 3.05) is 26.2 Å². The normalized spacial score (nSPS) is 24.6. The quantitative estimate of drug-likeness (QED) is 0.925. The maximum atomic E-state index is 13.3. The molecule has 5 heteroatoms. The van der Waals surface area contributed by atoms with Crippen LogP contribution >= 0.6 is 11.6 Å². The van der Waals surface area contributed by atoms with Crippen molar-refractivity contribution >= 4 is 11.6 Å². The van der Waals surface area contributed by atoms with Gasteiger partial charge in [0.2, 0.25) is 0 Å². The van der Waals surface area contributed by atoms with E-state index < -0.39 is 5.82 Å². The van der Waals surface area contributed by atoms with Gasteiger partial charge in [-0.05, 0) is 30.7 Å². The maximum Gasteiger partial charge on any atom is 0.141 e. The molecule has 0 spiro atoms. The Hall–Kier alpha value is -0.680. The Morgan fingerprint density at radius 1 is 1.53 bits per heavy atom. The van der Waals surface area contributed by atoms with Crippen LogP contribution in [0.15, 0.2) is 18.2 Å². The zero-order chi connectivity index (χ0) is 13.8. The van der Waals surface area contributed by atoms with Gasteiger partial charge < -0.3 is 10.5 Å². The fourth-order valence-corrected chi connectivity index (χ4v) is 2.83. The van der Waals surface area contributed by atoms with E-state index in [0.29, 0.717) is 13.2 Å². The average molecular weight is 287 g/mol. The van der Waals surface area contributed by atoms with Crippen molar-refractivity contribution in [2.24, 2.45) is 5.73 Å². The summed E-state index contributed by atoms with van der Waals surface area (Å²) in [4.78, 5) is 2.34. The van der Waals surface area contributed by atoms with Crippen LogP contribution in [-0.2, 0) is 4.74 Å². The van der Waals surface area contributed by atoms with Gasteiger partial charge in [0.1, 0.15) is 5.82 Å². The van der Waals surface area contributed by atoms with E-state index in [4.69, 9.17) is 22.1 Å². The summed E-state index contributed by atoms with van der Waals surface area (Å²) in [7, 11) is 0. The smallest absolute Gasteiger partial charge is 0.141 e. The third-order valence-corrected chi connectivity index (χ3v) is 3.77. The SMILES string of the molecule is CCCN1CCOC(CN)C1c1ccc(F)c(Cl)c1. The minimum absolute atomic E-state index is 0.0526. The Morgan fingerprint density at radius 2 is 2.32 bits per heavy atom. The lowest BCUT2D eigenvalue weighted by atomic mass is 9.97. The summed E-state index contributed by atoms with van der Waals surface area (Å²) in [6.07, 6.45) is 0.991. The second-order valence-electron chi connectivity index (χ2n) is 4.80. The van der Waals surface area contributed by atoms with E-state index in [1.165, 1.54) is 6.07 Å². The summed E-state index contributed by atoms with van der Waals surface area (Å²) in [6.45, 7) is 5.11. The van der Waals surface area contributed by atoms with E-state index in [2.05, 4.69) is 11.8 Å². The molecular formula is C14H20ClFN2O. The van der Waals surface area contributed by atoms with Crippen molar-refractivity contribution in [3.63, 3.8) is 0 Å². The molecule has 3 nitrogen and oxygen atoms in total. The molecular weight excluding hydrogens is 267 g/mol. The van der Waals surface area contributed by atoms with Crippen molar-refractivity contribution in [2.45, 2.75) is 25.5 Å². The standard InChI is InChI=1S/C14H20ClFN2O/c1-2-5-18-6-7-19-13(9-17)14(18)10-3-4-12(16)11(15)8-10/h3-4,8,13-14H,2,5-7,9,17H2,1H3. The van der Waals surface area contributed by atoms with Crippen LogP contribution in [0.25, 0.3) is 0 Å². The first-order valence-corrected chi connectivity index (χ1v) is 7.05. The minimum atomic E-state index is -0.395. The molecule has 1 aliphatic heterocycles. The highest BCUT2D eigenvalue weighted by atomic mass is 35.5. The first-order valence-electron chi connectivity index (χ1n) is 6.68. The van der Waals surface area contributed by atoms with Crippen LogP contribution in [0.4, 0.5) is 4.39 Å². The van der Waals surface area contributed by atoms with Gasteiger partial charge in [-0.3, -0.25) is 4.90 Å². The number of hydrogen-bond acceptors (Lipinski definition) is 3. The first-order chi connectivity index (χ1) is 9.17. The summed E-state index contributed by atoms with van der Waals surface area (Å²) in [5.41, 5.74) is 6.77. The van der Waals surface area contributed by atoms with E-state index >= 15 is 0 Å². The molecule has 1 saturated heterocycles. The van der Waals surface area contributed by atoms with Crippen LogP contribution in [0.3, 0.4) is 0 Å². The van der Waals surface area contributed by atoms with Crippen molar-refractivity contribution < 1.29 is 9.13 Å². The summed E-state index contributed by atoms with van der Waals surface area (Å²) < 4.78 is 19.0. The lowest BCUT2D eigenvalue weighted by Crippen LogP contribution is -2.48. The summed E-state index contributed by atoms with van der Waals surface area (Å²) in [5.74, 6) is -0.395. The number of halogens is 2. The highest BCUT2D eigenvalue weighted by Gasteiger charge is 2.32. The topological polar surface area (TPSA) is 38.5 Å². The molecule has 1 heterocycles. The van der Waals surface area contributed by atoms with Gasteiger partial charge in [-0.1, -0.05) is 24.6 Å². The van der Waals surface area contributed by atoms with Gasteiger partial charge in [0, 0.05) is 13.1 Å². The van der Waals surface area contributed by atoms with Gasteiger partial charge in [-0.15, -0.1) is 0 Å². The largest absolute Gasteiger partial charge is 0.374 e. The van der Waals surface area contributed by atoms with Gasteiger partial charge in [-0.25, -0.2) is 4.39 Å². The molecule has 1 aromatic rings. The van der Waals surface area contributed by atoms with Crippen molar-refractivity contribution in [3.8, 4) is 0 Å². The summed E-state index contributed by atoms with van der Waals surface area (Å²) in [5, 5.41) is 0.148.